The number of benzene rings is 2. The summed E-state index contributed by atoms with van der Waals surface area (Å²) in [5, 5.41) is 17.6. The number of carboxylic acids is 2. The highest BCUT2D eigenvalue weighted by atomic mass is 19.1. The summed E-state index contributed by atoms with van der Waals surface area (Å²) >= 11 is 0. The fourth-order valence-corrected chi connectivity index (χ4v) is 1.67. The van der Waals surface area contributed by atoms with Crippen molar-refractivity contribution in [2.45, 2.75) is 0 Å². The average molecular weight is 260 g/mol. The normalized spacial score (nSPS) is 10.2. The number of hydrogen-bond acceptors (Lipinski definition) is 2. The molecule has 0 atom stereocenters. The van der Waals surface area contributed by atoms with Crippen LogP contribution in [0, 0.1) is 5.82 Å². The number of aromatic carboxylic acids is 2. The van der Waals surface area contributed by atoms with Gasteiger partial charge in [-0.25, -0.2) is 14.0 Å². The summed E-state index contributed by atoms with van der Waals surface area (Å²) in [6, 6.07) is 9.63. The van der Waals surface area contributed by atoms with Crippen molar-refractivity contribution in [3.8, 4) is 11.1 Å². The largest absolute Gasteiger partial charge is 0.478 e. The van der Waals surface area contributed by atoms with Gasteiger partial charge in [-0.15, -0.1) is 0 Å². The lowest BCUT2D eigenvalue weighted by Gasteiger charge is -2.04. The van der Waals surface area contributed by atoms with E-state index in [-0.39, 0.29) is 5.56 Å². The molecule has 0 heterocycles. The standard InChI is InChI=1S/C14H9FO4/c15-12-6-5-10(7-11(12)14(18)19)8-1-3-9(4-2-8)13(16)17/h1-7H,(H,16,17)(H,18,19). The smallest absolute Gasteiger partial charge is 0.338 e. The molecular formula is C14H9FO4. The quantitative estimate of drug-likeness (QED) is 0.889. The third-order valence-corrected chi connectivity index (χ3v) is 2.66. The van der Waals surface area contributed by atoms with Gasteiger partial charge in [0.1, 0.15) is 5.82 Å². The van der Waals surface area contributed by atoms with E-state index in [1.807, 2.05) is 0 Å². The van der Waals surface area contributed by atoms with E-state index < -0.39 is 23.3 Å². The third kappa shape index (κ3) is 2.60. The van der Waals surface area contributed by atoms with Gasteiger partial charge in [-0.3, -0.25) is 0 Å². The first-order chi connectivity index (χ1) is 8.99. The van der Waals surface area contributed by atoms with Gasteiger partial charge in [0, 0.05) is 0 Å². The summed E-state index contributed by atoms with van der Waals surface area (Å²) in [7, 11) is 0. The van der Waals surface area contributed by atoms with Crippen LogP contribution in [0.1, 0.15) is 20.7 Å². The lowest BCUT2D eigenvalue weighted by molar-refractivity contribution is 0.0683. The zero-order valence-electron chi connectivity index (χ0n) is 9.63. The van der Waals surface area contributed by atoms with E-state index in [0.29, 0.717) is 11.1 Å². The minimum absolute atomic E-state index is 0.129. The minimum Gasteiger partial charge on any atom is -0.478 e. The molecule has 0 aliphatic carbocycles. The second-order valence-electron chi connectivity index (χ2n) is 3.88. The molecule has 19 heavy (non-hydrogen) atoms. The van der Waals surface area contributed by atoms with E-state index in [9.17, 15) is 14.0 Å². The molecule has 0 aliphatic rings. The molecule has 0 spiro atoms. The topological polar surface area (TPSA) is 74.6 Å². The number of carboxylic acid groups (broad SMARTS) is 2. The molecule has 4 nitrogen and oxygen atoms in total. The Morgan fingerprint density at radius 3 is 1.95 bits per heavy atom. The molecule has 2 aromatic carbocycles. The number of carbonyl (C=O) groups is 2. The van der Waals surface area contributed by atoms with Crippen molar-refractivity contribution in [2.24, 2.45) is 0 Å². The van der Waals surface area contributed by atoms with Crippen molar-refractivity contribution < 1.29 is 24.2 Å². The van der Waals surface area contributed by atoms with Crippen molar-refractivity contribution in [2.75, 3.05) is 0 Å². The van der Waals surface area contributed by atoms with Crippen LogP contribution in [0.15, 0.2) is 42.5 Å². The molecule has 5 heteroatoms. The minimum atomic E-state index is -1.35. The molecule has 2 rings (SSSR count). The average Bonchev–Trinajstić information content (AvgIpc) is 2.39. The van der Waals surface area contributed by atoms with Crippen LogP contribution < -0.4 is 0 Å². The van der Waals surface area contributed by atoms with Crippen molar-refractivity contribution >= 4 is 11.9 Å². The van der Waals surface area contributed by atoms with Gasteiger partial charge in [0.25, 0.3) is 0 Å². The Morgan fingerprint density at radius 2 is 1.42 bits per heavy atom. The maximum Gasteiger partial charge on any atom is 0.338 e. The van der Waals surface area contributed by atoms with Gasteiger partial charge in [-0.05, 0) is 35.4 Å². The molecule has 2 N–H and O–H groups in total. The van der Waals surface area contributed by atoms with Gasteiger partial charge in [0.05, 0.1) is 11.1 Å². The van der Waals surface area contributed by atoms with E-state index in [1.54, 1.807) is 12.1 Å². The molecule has 0 radical (unpaired) electrons. The lowest BCUT2D eigenvalue weighted by atomic mass is 10.0. The van der Waals surface area contributed by atoms with E-state index in [2.05, 4.69) is 0 Å². The van der Waals surface area contributed by atoms with Gasteiger partial charge in [-0.1, -0.05) is 18.2 Å². The summed E-state index contributed by atoms with van der Waals surface area (Å²) < 4.78 is 13.2. The first-order valence-electron chi connectivity index (χ1n) is 5.35. The molecule has 2 aromatic rings. The van der Waals surface area contributed by atoms with E-state index in [0.717, 1.165) is 6.07 Å². The highest BCUT2D eigenvalue weighted by Gasteiger charge is 2.11. The van der Waals surface area contributed by atoms with Crippen LogP contribution in [0.25, 0.3) is 11.1 Å². The van der Waals surface area contributed by atoms with Gasteiger partial charge in [0.15, 0.2) is 0 Å². The van der Waals surface area contributed by atoms with Crippen LogP contribution in [0.2, 0.25) is 0 Å². The van der Waals surface area contributed by atoms with Gasteiger partial charge < -0.3 is 10.2 Å². The first kappa shape index (κ1) is 12.8. The summed E-state index contributed by atoms with van der Waals surface area (Å²) in [6.07, 6.45) is 0. The second kappa shape index (κ2) is 4.89. The predicted molar refractivity (Wildman–Crippen MR) is 65.8 cm³/mol. The Morgan fingerprint density at radius 1 is 0.842 bits per heavy atom. The molecule has 0 unspecified atom stereocenters. The monoisotopic (exact) mass is 260 g/mol. The van der Waals surface area contributed by atoms with E-state index in [4.69, 9.17) is 10.2 Å². The summed E-state index contributed by atoms with van der Waals surface area (Å²) in [5.74, 6) is -3.20. The van der Waals surface area contributed by atoms with E-state index in [1.165, 1.54) is 24.3 Å². The molecule has 0 aliphatic heterocycles. The van der Waals surface area contributed by atoms with Crippen molar-refractivity contribution in [1.29, 1.82) is 0 Å². The van der Waals surface area contributed by atoms with E-state index >= 15 is 0 Å². The Bertz CT molecular complexity index is 647. The van der Waals surface area contributed by atoms with Gasteiger partial charge in [0.2, 0.25) is 0 Å². The van der Waals surface area contributed by atoms with Crippen molar-refractivity contribution in [3.63, 3.8) is 0 Å². The molecule has 0 amide bonds. The van der Waals surface area contributed by atoms with Crippen LogP contribution in [0.5, 0.6) is 0 Å². The zero-order valence-corrected chi connectivity index (χ0v) is 9.63. The maximum atomic E-state index is 13.2. The fourth-order valence-electron chi connectivity index (χ4n) is 1.67. The molecule has 0 aromatic heterocycles. The summed E-state index contributed by atoms with van der Waals surface area (Å²) in [6.45, 7) is 0. The molecule has 96 valence electrons. The highest BCUT2D eigenvalue weighted by Crippen LogP contribution is 2.22. The fraction of sp³-hybridized carbons (Fsp3) is 0. The Labute approximate surface area is 107 Å². The predicted octanol–water partition coefficient (Wildman–Crippen LogP) is 2.89. The van der Waals surface area contributed by atoms with Crippen LogP contribution in [-0.2, 0) is 0 Å². The Balaban J connectivity index is 2.44. The molecule has 0 saturated carbocycles. The number of halogens is 1. The van der Waals surface area contributed by atoms with Crippen molar-refractivity contribution in [1.82, 2.24) is 0 Å². The van der Waals surface area contributed by atoms with Crippen LogP contribution >= 0.6 is 0 Å². The highest BCUT2D eigenvalue weighted by molar-refractivity contribution is 5.90. The first-order valence-corrected chi connectivity index (χ1v) is 5.35. The van der Waals surface area contributed by atoms with Gasteiger partial charge in [-0.2, -0.15) is 0 Å². The zero-order chi connectivity index (χ0) is 14.0. The molecule has 0 bridgehead atoms. The Hall–Kier alpha value is -2.69. The maximum absolute atomic E-state index is 13.2. The van der Waals surface area contributed by atoms with Crippen molar-refractivity contribution in [3.05, 3.63) is 59.4 Å². The number of rotatable bonds is 3. The second-order valence-corrected chi connectivity index (χ2v) is 3.88. The lowest BCUT2D eigenvalue weighted by Crippen LogP contribution is -2.00. The summed E-state index contributed by atoms with van der Waals surface area (Å²) in [5.41, 5.74) is 0.840. The van der Waals surface area contributed by atoms with Gasteiger partial charge >= 0.3 is 11.9 Å². The SMILES string of the molecule is O=C(O)c1ccc(-c2ccc(F)c(C(=O)O)c2)cc1. The molecular weight excluding hydrogens is 251 g/mol. The summed E-state index contributed by atoms with van der Waals surface area (Å²) in [4.78, 5) is 21.5. The third-order valence-electron chi connectivity index (χ3n) is 2.66. The number of hydrogen-bond donors (Lipinski definition) is 2. The molecule has 0 saturated heterocycles. The van der Waals surface area contributed by atoms with Crippen LogP contribution in [0.4, 0.5) is 4.39 Å². The van der Waals surface area contributed by atoms with Crippen LogP contribution in [0.3, 0.4) is 0 Å². The molecule has 0 fully saturated rings. The van der Waals surface area contributed by atoms with Crippen LogP contribution in [-0.4, -0.2) is 22.2 Å². The Kier molecular flexibility index (Phi) is 3.29.